The SMILES string of the molecule is CS(=O)(=O)CCCOc1cccc(Cn2cc(-c3nnc(-c4ccc(S(=O)(=O)C(F)(F)F)cc4)o3)ccc2=O)c1. The lowest BCUT2D eigenvalue weighted by Gasteiger charge is -2.10. The third-order valence-electron chi connectivity index (χ3n) is 5.55. The Kier molecular flexibility index (Phi) is 8.16. The van der Waals surface area contributed by atoms with Crippen LogP contribution in [0.25, 0.3) is 22.9 Å². The average Bonchev–Trinajstić information content (AvgIpc) is 3.37. The van der Waals surface area contributed by atoms with Crippen LogP contribution >= 0.6 is 0 Å². The molecule has 2 aromatic heterocycles. The largest absolute Gasteiger partial charge is 0.501 e. The second kappa shape index (κ2) is 11.3. The summed E-state index contributed by atoms with van der Waals surface area (Å²) in [5.41, 5.74) is -4.42. The Hall–Kier alpha value is -3.98. The fourth-order valence-corrected chi connectivity index (χ4v) is 4.99. The zero-order chi connectivity index (χ0) is 29.1. The second-order valence-electron chi connectivity index (χ2n) is 8.75. The summed E-state index contributed by atoms with van der Waals surface area (Å²) in [6.45, 7) is 0.385. The molecule has 0 aliphatic heterocycles. The van der Waals surface area contributed by atoms with Crippen LogP contribution in [0.15, 0.2) is 81.0 Å². The Morgan fingerprint density at radius 2 is 1.57 bits per heavy atom. The van der Waals surface area contributed by atoms with Gasteiger partial charge < -0.3 is 13.7 Å². The van der Waals surface area contributed by atoms with Gasteiger partial charge in [-0.1, -0.05) is 12.1 Å². The number of alkyl halides is 3. The molecule has 4 aromatic rings. The molecule has 4 rings (SSSR count). The molecule has 10 nitrogen and oxygen atoms in total. The molecule has 2 aromatic carbocycles. The molecule has 0 radical (unpaired) electrons. The average molecular weight is 598 g/mol. The lowest BCUT2D eigenvalue weighted by molar-refractivity contribution is -0.0436. The monoisotopic (exact) mass is 597 g/mol. The van der Waals surface area contributed by atoms with Gasteiger partial charge in [0.05, 0.1) is 29.4 Å². The van der Waals surface area contributed by atoms with E-state index >= 15 is 0 Å². The molecule has 15 heteroatoms. The van der Waals surface area contributed by atoms with Crippen molar-refractivity contribution in [2.45, 2.75) is 23.4 Å². The van der Waals surface area contributed by atoms with Crippen molar-refractivity contribution in [1.82, 2.24) is 14.8 Å². The van der Waals surface area contributed by atoms with E-state index in [0.29, 0.717) is 17.7 Å². The van der Waals surface area contributed by atoms with Crippen molar-refractivity contribution in [3.05, 3.63) is 82.8 Å². The van der Waals surface area contributed by atoms with E-state index in [0.717, 1.165) is 36.1 Å². The number of pyridine rings is 1. The molecule has 0 unspecified atom stereocenters. The zero-order valence-electron chi connectivity index (χ0n) is 20.8. The maximum absolute atomic E-state index is 12.8. The van der Waals surface area contributed by atoms with Gasteiger partial charge in [-0.2, -0.15) is 13.2 Å². The molecule has 0 atom stereocenters. The molecule has 0 amide bonds. The Labute approximate surface area is 226 Å². The van der Waals surface area contributed by atoms with E-state index in [1.54, 1.807) is 24.3 Å². The normalized spacial score (nSPS) is 12.4. The molecular weight excluding hydrogens is 575 g/mol. The Balaban J connectivity index is 1.49. The van der Waals surface area contributed by atoms with Crippen LogP contribution in [-0.4, -0.2) is 55.7 Å². The predicted octanol–water partition coefficient (Wildman–Crippen LogP) is 3.72. The van der Waals surface area contributed by atoms with Crippen molar-refractivity contribution in [2.75, 3.05) is 18.6 Å². The predicted molar refractivity (Wildman–Crippen MR) is 138 cm³/mol. The van der Waals surface area contributed by atoms with Gasteiger partial charge in [-0.3, -0.25) is 4.79 Å². The minimum atomic E-state index is -5.49. The van der Waals surface area contributed by atoms with Gasteiger partial charge >= 0.3 is 5.51 Å². The number of ether oxygens (including phenoxy) is 1. The van der Waals surface area contributed by atoms with Crippen molar-refractivity contribution in [3.63, 3.8) is 0 Å². The fourth-order valence-electron chi connectivity index (χ4n) is 3.59. The van der Waals surface area contributed by atoms with Crippen molar-refractivity contribution >= 4 is 19.7 Å². The summed E-state index contributed by atoms with van der Waals surface area (Å²) in [5, 5.41) is 7.80. The fraction of sp³-hybridized carbons (Fsp3) is 0.240. The van der Waals surface area contributed by atoms with E-state index in [1.807, 2.05) is 0 Å². The molecule has 0 bridgehead atoms. The van der Waals surface area contributed by atoms with Crippen LogP contribution in [0.1, 0.15) is 12.0 Å². The highest BCUT2D eigenvalue weighted by Crippen LogP contribution is 2.31. The minimum absolute atomic E-state index is 0.0114. The molecule has 0 spiro atoms. The molecule has 40 heavy (non-hydrogen) atoms. The third kappa shape index (κ3) is 6.96. The lowest BCUT2D eigenvalue weighted by Crippen LogP contribution is -2.23. The van der Waals surface area contributed by atoms with Crippen molar-refractivity contribution in [1.29, 1.82) is 0 Å². The highest BCUT2D eigenvalue weighted by molar-refractivity contribution is 7.92. The van der Waals surface area contributed by atoms with Crippen LogP contribution in [0.5, 0.6) is 5.75 Å². The van der Waals surface area contributed by atoms with Crippen molar-refractivity contribution in [2.24, 2.45) is 0 Å². The van der Waals surface area contributed by atoms with Crippen molar-refractivity contribution in [3.8, 4) is 28.7 Å². The summed E-state index contributed by atoms with van der Waals surface area (Å²) in [5.74, 6) is 0.492. The molecular formula is C25H22F3N3O7S2. The lowest BCUT2D eigenvalue weighted by atomic mass is 10.2. The molecule has 0 saturated heterocycles. The Morgan fingerprint density at radius 3 is 2.23 bits per heavy atom. The van der Waals surface area contributed by atoms with E-state index in [4.69, 9.17) is 9.15 Å². The van der Waals surface area contributed by atoms with E-state index in [9.17, 15) is 34.8 Å². The number of rotatable bonds is 10. The van der Waals surface area contributed by atoms with E-state index in [2.05, 4.69) is 10.2 Å². The number of aromatic nitrogens is 3. The van der Waals surface area contributed by atoms with Crippen LogP contribution in [0.3, 0.4) is 0 Å². The quantitative estimate of drug-likeness (QED) is 0.250. The molecule has 212 valence electrons. The number of halogens is 3. The summed E-state index contributed by atoms with van der Waals surface area (Å²) in [6, 6.07) is 13.6. The number of hydrogen-bond acceptors (Lipinski definition) is 9. The van der Waals surface area contributed by atoms with Gasteiger partial charge in [0, 0.05) is 24.1 Å². The molecule has 0 aliphatic rings. The molecule has 2 heterocycles. The first-order valence-electron chi connectivity index (χ1n) is 11.6. The summed E-state index contributed by atoms with van der Waals surface area (Å²) in [7, 11) is -8.57. The highest BCUT2D eigenvalue weighted by atomic mass is 32.2. The summed E-state index contributed by atoms with van der Waals surface area (Å²) < 4.78 is 96.6. The number of hydrogen-bond donors (Lipinski definition) is 0. The third-order valence-corrected chi connectivity index (χ3v) is 8.08. The maximum atomic E-state index is 12.8. The zero-order valence-corrected chi connectivity index (χ0v) is 22.5. The Bertz CT molecular complexity index is 1780. The maximum Gasteiger partial charge on any atom is 0.501 e. The first-order valence-corrected chi connectivity index (χ1v) is 15.1. The van der Waals surface area contributed by atoms with Gasteiger partial charge in [0.15, 0.2) is 0 Å². The molecule has 0 aliphatic carbocycles. The first-order chi connectivity index (χ1) is 18.7. The topological polar surface area (TPSA) is 138 Å². The second-order valence-corrected chi connectivity index (χ2v) is 13.0. The molecule has 0 fully saturated rings. The van der Waals surface area contributed by atoms with Gasteiger partial charge in [-0.25, -0.2) is 16.8 Å². The molecule has 0 N–H and O–H groups in total. The van der Waals surface area contributed by atoms with E-state index in [1.165, 1.54) is 22.9 Å². The van der Waals surface area contributed by atoms with Gasteiger partial charge in [-0.05, 0) is 54.4 Å². The van der Waals surface area contributed by atoms with Crippen molar-refractivity contribution < 1.29 is 39.2 Å². The first kappa shape index (κ1) is 29.0. The summed E-state index contributed by atoms with van der Waals surface area (Å²) in [4.78, 5) is 11.6. The van der Waals surface area contributed by atoms with Crippen LogP contribution in [-0.2, 0) is 26.2 Å². The molecule has 0 saturated carbocycles. The van der Waals surface area contributed by atoms with E-state index < -0.39 is 30.1 Å². The summed E-state index contributed by atoms with van der Waals surface area (Å²) >= 11 is 0. The van der Waals surface area contributed by atoms with Gasteiger partial charge in [0.2, 0.25) is 11.8 Å². The minimum Gasteiger partial charge on any atom is -0.494 e. The van der Waals surface area contributed by atoms with Crippen LogP contribution < -0.4 is 10.3 Å². The van der Waals surface area contributed by atoms with E-state index in [-0.39, 0.29) is 41.8 Å². The number of sulfone groups is 2. The van der Waals surface area contributed by atoms with Crippen LogP contribution in [0, 0.1) is 0 Å². The van der Waals surface area contributed by atoms with Crippen LogP contribution in [0.2, 0.25) is 0 Å². The van der Waals surface area contributed by atoms with Gasteiger partial charge in [0.1, 0.15) is 15.6 Å². The number of benzene rings is 2. The summed E-state index contributed by atoms with van der Waals surface area (Å²) in [6.07, 6.45) is 2.99. The Morgan fingerprint density at radius 1 is 0.925 bits per heavy atom. The highest BCUT2D eigenvalue weighted by Gasteiger charge is 2.46. The van der Waals surface area contributed by atoms with Gasteiger partial charge in [0.25, 0.3) is 15.4 Å². The van der Waals surface area contributed by atoms with Crippen LogP contribution in [0.4, 0.5) is 13.2 Å². The van der Waals surface area contributed by atoms with Gasteiger partial charge in [-0.15, -0.1) is 10.2 Å². The number of nitrogens with zero attached hydrogens (tertiary/aromatic N) is 3. The smallest absolute Gasteiger partial charge is 0.494 e. The standard InChI is InChI=1S/C25H22F3N3O7S2/c1-39(33,34)13-3-12-37-20-5-2-4-17(14-20)15-31-16-19(8-11-22(31)32)24-30-29-23(38-24)18-6-9-21(10-7-18)40(35,36)25(26,27)28/h2,4-11,14,16H,3,12-13,15H2,1H3.